The lowest BCUT2D eigenvalue weighted by molar-refractivity contribution is -0.508. The third kappa shape index (κ3) is 5.50. The van der Waals surface area contributed by atoms with Gasteiger partial charge >= 0.3 is 0 Å². The van der Waals surface area contributed by atoms with Crippen molar-refractivity contribution in [1.82, 2.24) is 10.3 Å². The van der Waals surface area contributed by atoms with Gasteiger partial charge in [-0.15, -0.1) is 0 Å². The zero-order valence-corrected chi connectivity index (χ0v) is 13.3. The number of nitrogens with one attached hydrogen (secondary N) is 1. The predicted molar refractivity (Wildman–Crippen MR) is 85.2 cm³/mol. The van der Waals surface area contributed by atoms with E-state index in [0.717, 1.165) is 0 Å². The van der Waals surface area contributed by atoms with E-state index in [2.05, 4.69) is 15.5 Å². The maximum absolute atomic E-state index is 11.9. The van der Waals surface area contributed by atoms with Gasteiger partial charge < -0.3 is 10.5 Å². The van der Waals surface area contributed by atoms with Gasteiger partial charge in [-0.3, -0.25) is 19.9 Å². The Morgan fingerprint density at radius 2 is 2.22 bits per heavy atom. The van der Waals surface area contributed by atoms with Crippen LogP contribution in [0.1, 0.15) is 31.1 Å². The van der Waals surface area contributed by atoms with Crippen molar-refractivity contribution in [2.24, 2.45) is 11.1 Å². The third-order valence-corrected chi connectivity index (χ3v) is 3.28. The zero-order valence-electron chi connectivity index (χ0n) is 13.3. The molecule has 8 heteroatoms. The van der Waals surface area contributed by atoms with Crippen LogP contribution < -0.4 is 5.32 Å². The molecule has 0 bridgehead atoms. The smallest absolute Gasteiger partial charge is 0.253 e. The van der Waals surface area contributed by atoms with Crippen molar-refractivity contribution in [1.29, 1.82) is 0 Å². The van der Waals surface area contributed by atoms with Crippen molar-refractivity contribution < 1.29 is 14.9 Å². The minimum Gasteiger partial charge on any atom is -0.411 e. The standard InChI is InChI=1S/C15H20N4O4/c1-10(2)14(11(3)19(22)23)7-13(18-21)9-17-15(20)12-5-4-6-16-8-12/h4-8,10-11,21H,9H2,1-3H3,(H,17,20)/b14-7+,18-13-. The van der Waals surface area contributed by atoms with Crippen molar-refractivity contribution in [2.75, 3.05) is 6.54 Å². The van der Waals surface area contributed by atoms with Crippen molar-refractivity contribution in [3.63, 3.8) is 0 Å². The van der Waals surface area contributed by atoms with Gasteiger partial charge in [-0.25, -0.2) is 0 Å². The number of hydrogen-bond donors (Lipinski definition) is 2. The van der Waals surface area contributed by atoms with Crippen LogP contribution in [-0.2, 0) is 0 Å². The fourth-order valence-electron chi connectivity index (χ4n) is 1.97. The number of rotatable bonds is 7. The molecule has 1 heterocycles. The number of aromatic nitrogens is 1. The lowest BCUT2D eigenvalue weighted by atomic mass is 9.95. The van der Waals surface area contributed by atoms with E-state index in [1.54, 1.807) is 18.3 Å². The average Bonchev–Trinajstić information content (AvgIpc) is 2.54. The summed E-state index contributed by atoms with van der Waals surface area (Å²) >= 11 is 0. The van der Waals surface area contributed by atoms with Gasteiger partial charge in [0, 0.05) is 29.8 Å². The SMILES string of the molecule is CC(C)/C(=C\C(CNC(=O)c1cccnc1)=N\O)C(C)[N+](=O)[O-]. The van der Waals surface area contributed by atoms with E-state index in [4.69, 9.17) is 5.21 Å². The van der Waals surface area contributed by atoms with E-state index < -0.39 is 11.0 Å². The van der Waals surface area contributed by atoms with E-state index >= 15 is 0 Å². The molecule has 1 aromatic heterocycles. The van der Waals surface area contributed by atoms with Crippen molar-refractivity contribution in [3.05, 3.63) is 51.9 Å². The Morgan fingerprint density at radius 1 is 1.52 bits per heavy atom. The van der Waals surface area contributed by atoms with Gasteiger partial charge in [0.1, 0.15) is 0 Å². The van der Waals surface area contributed by atoms with E-state index in [0.29, 0.717) is 11.1 Å². The molecule has 23 heavy (non-hydrogen) atoms. The molecule has 1 rings (SSSR count). The van der Waals surface area contributed by atoms with Gasteiger partial charge in [-0.2, -0.15) is 0 Å². The summed E-state index contributed by atoms with van der Waals surface area (Å²) in [5, 5.41) is 25.7. The van der Waals surface area contributed by atoms with Gasteiger partial charge in [-0.05, 0) is 24.1 Å². The van der Waals surface area contributed by atoms with Gasteiger partial charge in [0.15, 0.2) is 0 Å². The monoisotopic (exact) mass is 320 g/mol. The highest BCUT2D eigenvalue weighted by Gasteiger charge is 2.22. The Bertz CT molecular complexity index is 611. The molecule has 0 aliphatic heterocycles. The largest absolute Gasteiger partial charge is 0.411 e. The molecule has 2 N–H and O–H groups in total. The molecule has 0 aliphatic rings. The quantitative estimate of drug-likeness (QED) is 0.344. The summed E-state index contributed by atoms with van der Waals surface area (Å²) in [6.45, 7) is 5.05. The number of hydrogen-bond acceptors (Lipinski definition) is 6. The molecule has 0 spiro atoms. The second kappa shape index (κ2) is 8.62. The summed E-state index contributed by atoms with van der Waals surface area (Å²) in [6, 6.07) is 2.33. The second-order valence-corrected chi connectivity index (χ2v) is 5.28. The molecule has 0 aromatic carbocycles. The molecular weight excluding hydrogens is 300 g/mol. The number of oxime groups is 1. The fourth-order valence-corrected chi connectivity index (χ4v) is 1.97. The normalized spacial score (nSPS) is 13.7. The van der Waals surface area contributed by atoms with E-state index in [1.807, 2.05) is 13.8 Å². The summed E-state index contributed by atoms with van der Waals surface area (Å²) in [4.78, 5) is 26.3. The second-order valence-electron chi connectivity index (χ2n) is 5.28. The summed E-state index contributed by atoms with van der Waals surface area (Å²) in [6.07, 6.45) is 4.41. The highest BCUT2D eigenvalue weighted by Crippen LogP contribution is 2.16. The maximum Gasteiger partial charge on any atom is 0.253 e. The van der Waals surface area contributed by atoms with Gasteiger partial charge in [-0.1, -0.05) is 19.0 Å². The van der Waals surface area contributed by atoms with Crippen LogP contribution in [0.5, 0.6) is 0 Å². The van der Waals surface area contributed by atoms with Crippen LogP contribution in [0.15, 0.2) is 41.3 Å². The molecule has 1 unspecified atom stereocenters. The number of carbonyl (C=O) groups is 1. The number of pyridine rings is 1. The predicted octanol–water partition coefficient (Wildman–Crippen LogP) is 1.89. The number of nitrogens with zero attached hydrogens (tertiary/aromatic N) is 3. The molecule has 0 aliphatic carbocycles. The van der Waals surface area contributed by atoms with Crippen LogP contribution in [0.25, 0.3) is 0 Å². The average molecular weight is 320 g/mol. The van der Waals surface area contributed by atoms with Crippen LogP contribution in [0.4, 0.5) is 0 Å². The van der Waals surface area contributed by atoms with E-state index in [1.165, 1.54) is 19.2 Å². The van der Waals surface area contributed by atoms with Crippen LogP contribution in [0, 0.1) is 16.0 Å². The number of amides is 1. The van der Waals surface area contributed by atoms with Gasteiger partial charge in [0.05, 0.1) is 17.8 Å². The Morgan fingerprint density at radius 3 is 2.70 bits per heavy atom. The highest BCUT2D eigenvalue weighted by atomic mass is 16.6. The number of nitro groups is 1. The van der Waals surface area contributed by atoms with E-state index in [9.17, 15) is 14.9 Å². The first-order chi connectivity index (χ1) is 10.9. The third-order valence-electron chi connectivity index (χ3n) is 3.28. The summed E-state index contributed by atoms with van der Waals surface area (Å²) in [5.74, 6) is -0.470. The number of carbonyl (C=O) groups excluding carboxylic acids is 1. The van der Waals surface area contributed by atoms with E-state index in [-0.39, 0.29) is 24.1 Å². The highest BCUT2D eigenvalue weighted by molar-refractivity contribution is 6.01. The van der Waals surface area contributed by atoms with Crippen molar-refractivity contribution >= 4 is 11.6 Å². The first kappa shape index (κ1) is 18.3. The Kier molecular flexibility index (Phi) is 6.85. The molecule has 0 fully saturated rings. The van der Waals surface area contributed by atoms with Crippen LogP contribution in [0.2, 0.25) is 0 Å². The lowest BCUT2D eigenvalue weighted by Crippen LogP contribution is -2.30. The zero-order chi connectivity index (χ0) is 17.4. The lowest BCUT2D eigenvalue weighted by Gasteiger charge is -2.13. The summed E-state index contributed by atoms with van der Waals surface area (Å²) in [5.41, 5.74) is 1.02. The van der Waals surface area contributed by atoms with Gasteiger partial charge in [0.25, 0.3) is 5.91 Å². The topological polar surface area (TPSA) is 118 Å². The Labute approximate surface area is 134 Å². The molecule has 1 aromatic rings. The summed E-state index contributed by atoms with van der Waals surface area (Å²) < 4.78 is 0. The fraction of sp³-hybridized carbons (Fsp3) is 0.400. The molecule has 0 saturated carbocycles. The first-order valence-corrected chi connectivity index (χ1v) is 7.11. The van der Waals surface area contributed by atoms with Crippen LogP contribution >= 0.6 is 0 Å². The van der Waals surface area contributed by atoms with Crippen molar-refractivity contribution in [2.45, 2.75) is 26.8 Å². The van der Waals surface area contributed by atoms with Crippen molar-refractivity contribution in [3.8, 4) is 0 Å². The minimum absolute atomic E-state index is 0.0507. The van der Waals surface area contributed by atoms with Crippen LogP contribution in [0.3, 0.4) is 0 Å². The molecule has 1 amide bonds. The van der Waals surface area contributed by atoms with Gasteiger partial charge in [0.2, 0.25) is 6.04 Å². The summed E-state index contributed by atoms with van der Waals surface area (Å²) in [7, 11) is 0. The molecule has 0 saturated heterocycles. The minimum atomic E-state index is -0.902. The Balaban J connectivity index is 2.82. The molecule has 0 radical (unpaired) electrons. The molecular formula is C15H20N4O4. The maximum atomic E-state index is 11.9. The molecule has 8 nitrogen and oxygen atoms in total. The molecule has 124 valence electrons. The molecule has 1 atom stereocenters. The van der Waals surface area contributed by atoms with Crippen LogP contribution in [-0.4, -0.2) is 39.3 Å². The Hall–Kier alpha value is -2.77. The first-order valence-electron chi connectivity index (χ1n) is 7.11.